The summed E-state index contributed by atoms with van der Waals surface area (Å²) in [6.45, 7) is 0.692. The lowest BCUT2D eigenvalue weighted by atomic mass is 10.1. The fourth-order valence-corrected chi connectivity index (χ4v) is 3.93. The van der Waals surface area contributed by atoms with Crippen LogP contribution < -0.4 is 0 Å². The summed E-state index contributed by atoms with van der Waals surface area (Å²) in [5, 5.41) is 10.4. The molecule has 3 rings (SSSR count). The predicted molar refractivity (Wildman–Crippen MR) is 82.2 cm³/mol. The highest BCUT2D eigenvalue weighted by Gasteiger charge is 2.26. The lowest BCUT2D eigenvalue weighted by Crippen LogP contribution is -2.41. The van der Waals surface area contributed by atoms with Crippen molar-refractivity contribution < 1.29 is 14.3 Å². The molecule has 1 fully saturated rings. The SMILES string of the molecule is O=C(c1cc2ccc(F)cc2s1)N1CCCCCC1CO. The van der Waals surface area contributed by atoms with Crippen LogP contribution in [0.5, 0.6) is 0 Å². The largest absolute Gasteiger partial charge is 0.394 e. The van der Waals surface area contributed by atoms with E-state index in [-0.39, 0.29) is 24.4 Å². The van der Waals surface area contributed by atoms with E-state index < -0.39 is 0 Å². The molecule has 1 unspecified atom stereocenters. The van der Waals surface area contributed by atoms with Crippen LogP contribution in [0.1, 0.15) is 35.4 Å². The molecule has 1 atom stereocenters. The first kappa shape index (κ1) is 14.5. The zero-order valence-corrected chi connectivity index (χ0v) is 12.5. The molecule has 21 heavy (non-hydrogen) atoms. The summed E-state index contributed by atoms with van der Waals surface area (Å²) in [4.78, 5) is 15.1. The van der Waals surface area contributed by atoms with E-state index >= 15 is 0 Å². The summed E-state index contributed by atoms with van der Waals surface area (Å²) in [6, 6.07) is 6.29. The standard InChI is InChI=1S/C16H18FNO2S/c17-12-6-5-11-8-15(21-14(11)9-12)16(20)18-7-3-1-2-4-13(18)10-19/h5-6,8-9,13,19H,1-4,7,10H2. The molecule has 0 spiro atoms. The third-order valence-electron chi connectivity index (χ3n) is 4.04. The van der Waals surface area contributed by atoms with Gasteiger partial charge in [0.25, 0.3) is 5.91 Å². The Morgan fingerprint density at radius 1 is 1.33 bits per heavy atom. The van der Waals surface area contributed by atoms with Crippen LogP contribution in [0.4, 0.5) is 4.39 Å². The normalized spacial score (nSPS) is 19.7. The number of nitrogens with zero attached hydrogens (tertiary/aromatic N) is 1. The van der Waals surface area contributed by atoms with E-state index in [1.165, 1.54) is 23.5 Å². The summed E-state index contributed by atoms with van der Waals surface area (Å²) < 4.78 is 14.0. The second-order valence-electron chi connectivity index (χ2n) is 5.48. The lowest BCUT2D eigenvalue weighted by molar-refractivity contribution is 0.0605. The van der Waals surface area contributed by atoms with E-state index in [2.05, 4.69) is 0 Å². The summed E-state index contributed by atoms with van der Waals surface area (Å²) in [5.74, 6) is -0.330. The van der Waals surface area contributed by atoms with Crippen molar-refractivity contribution in [3.8, 4) is 0 Å². The highest BCUT2D eigenvalue weighted by atomic mass is 32.1. The molecule has 0 saturated carbocycles. The Kier molecular flexibility index (Phi) is 4.22. The quantitative estimate of drug-likeness (QED) is 0.923. The molecule has 0 aliphatic carbocycles. The molecular weight excluding hydrogens is 289 g/mol. The van der Waals surface area contributed by atoms with E-state index in [1.807, 2.05) is 6.07 Å². The first-order valence-electron chi connectivity index (χ1n) is 7.30. The number of fused-ring (bicyclic) bond motifs is 1. The molecule has 0 radical (unpaired) electrons. The second-order valence-corrected chi connectivity index (χ2v) is 6.56. The van der Waals surface area contributed by atoms with Crippen LogP contribution >= 0.6 is 11.3 Å². The number of hydrogen-bond acceptors (Lipinski definition) is 3. The average molecular weight is 307 g/mol. The minimum absolute atomic E-state index is 0.00522. The van der Waals surface area contributed by atoms with Crippen LogP contribution in [0.2, 0.25) is 0 Å². The van der Waals surface area contributed by atoms with E-state index in [0.717, 1.165) is 35.8 Å². The van der Waals surface area contributed by atoms with E-state index in [0.29, 0.717) is 11.4 Å². The van der Waals surface area contributed by atoms with Gasteiger partial charge in [-0.05, 0) is 36.4 Å². The number of benzene rings is 1. The van der Waals surface area contributed by atoms with Gasteiger partial charge in [-0.25, -0.2) is 4.39 Å². The Balaban J connectivity index is 1.90. The van der Waals surface area contributed by atoms with Crippen molar-refractivity contribution in [2.24, 2.45) is 0 Å². The summed E-state index contributed by atoms with van der Waals surface area (Å²) in [5.41, 5.74) is 0. The van der Waals surface area contributed by atoms with Gasteiger partial charge in [0.1, 0.15) is 5.82 Å². The number of carbonyl (C=O) groups is 1. The molecular formula is C16H18FNO2S. The molecule has 1 N–H and O–H groups in total. The first-order valence-corrected chi connectivity index (χ1v) is 8.11. The third-order valence-corrected chi connectivity index (χ3v) is 5.13. The number of halogens is 1. The Hall–Kier alpha value is -1.46. The van der Waals surface area contributed by atoms with Crippen molar-refractivity contribution in [3.05, 3.63) is 35.0 Å². The second kappa shape index (κ2) is 6.12. The lowest BCUT2D eigenvalue weighted by Gasteiger charge is -2.28. The zero-order chi connectivity index (χ0) is 14.8. The summed E-state index contributed by atoms with van der Waals surface area (Å²) >= 11 is 1.32. The van der Waals surface area contributed by atoms with Crippen LogP contribution in [0.15, 0.2) is 24.3 Å². The topological polar surface area (TPSA) is 40.5 Å². The molecule has 5 heteroatoms. The monoisotopic (exact) mass is 307 g/mol. The highest BCUT2D eigenvalue weighted by Crippen LogP contribution is 2.29. The Labute approximate surface area is 127 Å². The van der Waals surface area contributed by atoms with Gasteiger partial charge < -0.3 is 10.0 Å². The zero-order valence-electron chi connectivity index (χ0n) is 11.7. The van der Waals surface area contributed by atoms with E-state index in [9.17, 15) is 14.3 Å². The van der Waals surface area contributed by atoms with Crippen molar-refractivity contribution in [3.63, 3.8) is 0 Å². The maximum absolute atomic E-state index is 13.3. The number of amides is 1. The Morgan fingerprint density at radius 2 is 2.19 bits per heavy atom. The smallest absolute Gasteiger partial charge is 0.264 e. The van der Waals surface area contributed by atoms with Gasteiger partial charge in [0.15, 0.2) is 0 Å². The molecule has 1 aromatic carbocycles. The predicted octanol–water partition coefficient (Wildman–Crippen LogP) is 3.42. The van der Waals surface area contributed by atoms with Crippen LogP contribution in [-0.2, 0) is 0 Å². The molecule has 3 nitrogen and oxygen atoms in total. The molecule has 0 bridgehead atoms. The minimum Gasteiger partial charge on any atom is -0.394 e. The molecule has 2 heterocycles. The molecule has 112 valence electrons. The van der Waals surface area contributed by atoms with Crippen LogP contribution in [0.25, 0.3) is 10.1 Å². The van der Waals surface area contributed by atoms with Gasteiger partial charge in [0.05, 0.1) is 17.5 Å². The van der Waals surface area contributed by atoms with Crippen LogP contribution in [0, 0.1) is 5.82 Å². The van der Waals surface area contributed by atoms with Crippen molar-refractivity contribution in [1.29, 1.82) is 0 Å². The number of thiophene rings is 1. The van der Waals surface area contributed by atoms with Crippen LogP contribution in [0.3, 0.4) is 0 Å². The molecule has 1 aliphatic rings. The van der Waals surface area contributed by atoms with Gasteiger partial charge in [-0.1, -0.05) is 18.9 Å². The maximum Gasteiger partial charge on any atom is 0.264 e. The average Bonchev–Trinajstić information content (AvgIpc) is 2.75. The number of aliphatic hydroxyl groups excluding tert-OH is 1. The summed E-state index contributed by atoms with van der Waals surface area (Å²) in [7, 11) is 0. The van der Waals surface area contributed by atoms with Crippen molar-refractivity contribution in [2.75, 3.05) is 13.2 Å². The molecule has 1 aliphatic heterocycles. The van der Waals surface area contributed by atoms with Gasteiger partial charge >= 0.3 is 0 Å². The van der Waals surface area contributed by atoms with Gasteiger partial charge in [0.2, 0.25) is 0 Å². The Bertz CT molecular complexity index is 655. The van der Waals surface area contributed by atoms with Crippen molar-refractivity contribution >= 4 is 27.3 Å². The number of likely N-dealkylation sites (tertiary alicyclic amines) is 1. The number of aliphatic hydroxyl groups is 1. The van der Waals surface area contributed by atoms with Crippen molar-refractivity contribution in [2.45, 2.75) is 31.7 Å². The highest BCUT2D eigenvalue weighted by molar-refractivity contribution is 7.20. The maximum atomic E-state index is 13.3. The number of carbonyl (C=O) groups excluding carboxylic acids is 1. The van der Waals surface area contributed by atoms with Gasteiger partial charge in [-0.2, -0.15) is 0 Å². The van der Waals surface area contributed by atoms with E-state index in [4.69, 9.17) is 0 Å². The van der Waals surface area contributed by atoms with Gasteiger partial charge in [0, 0.05) is 11.2 Å². The fourth-order valence-electron chi connectivity index (χ4n) is 2.89. The number of rotatable bonds is 2. The number of hydrogen-bond donors (Lipinski definition) is 1. The molecule has 1 amide bonds. The van der Waals surface area contributed by atoms with Gasteiger partial charge in [-0.3, -0.25) is 4.79 Å². The fraction of sp³-hybridized carbons (Fsp3) is 0.438. The third kappa shape index (κ3) is 2.94. The van der Waals surface area contributed by atoms with Crippen LogP contribution in [-0.4, -0.2) is 35.1 Å². The molecule has 1 aromatic heterocycles. The minimum atomic E-state index is -0.286. The van der Waals surface area contributed by atoms with Crippen molar-refractivity contribution in [1.82, 2.24) is 4.90 Å². The molecule has 2 aromatic rings. The first-order chi connectivity index (χ1) is 10.2. The molecule has 1 saturated heterocycles. The Morgan fingerprint density at radius 3 is 3.00 bits per heavy atom. The summed E-state index contributed by atoms with van der Waals surface area (Å²) in [6.07, 6.45) is 3.97. The van der Waals surface area contributed by atoms with Gasteiger partial charge in [-0.15, -0.1) is 11.3 Å². The van der Waals surface area contributed by atoms with E-state index in [1.54, 1.807) is 11.0 Å².